The molecule has 18 heavy (non-hydrogen) atoms. The molecule has 0 fully saturated rings. The van der Waals surface area contributed by atoms with E-state index >= 15 is 0 Å². The molecule has 2 heterocycles. The lowest BCUT2D eigenvalue weighted by Gasteiger charge is -2.13. The predicted molar refractivity (Wildman–Crippen MR) is 77.3 cm³/mol. The topological polar surface area (TPSA) is 29.9 Å². The molecule has 2 aromatic heterocycles. The Hall–Kier alpha value is -0.840. The van der Waals surface area contributed by atoms with E-state index in [2.05, 4.69) is 34.9 Å². The van der Waals surface area contributed by atoms with Crippen molar-refractivity contribution in [3.63, 3.8) is 0 Å². The van der Waals surface area contributed by atoms with Crippen LogP contribution in [0.4, 0.5) is 0 Å². The summed E-state index contributed by atoms with van der Waals surface area (Å²) in [6, 6.07) is 4.69. The Morgan fingerprint density at radius 2 is 2.33 bits per heavy atom. The van der Waals surface area contributed by atoms with Gasteiger partial charge in [0.05, 0.1) is 16.4 Å². The highest BCUT2D eigenvalue weighted by Gasteiger charge is 2.12. The third-order valence-corrected chi connectivity index (χ3v) is 4.36. The maximum absolute atomic E-state index is 6.22. The van der Waals surface area contributed by atoms with E-state index < -0.39 is 0 Å². The molecular formula is C13H18ClN3S. The molecule has 1 atom stereocenters. The van der Waals surface area contributed by atoms with E-state index in [4.69, 9.17) is 11.6 Å². The first kappa shape index (κ1) is 13.6. The number of thiophene rings is 1. The van der Waals surface area contributed by atoms with Crippen molar-refractivity contribution < 1.29 is 0 Å². The van der Waals surface area contributed by atoms with Crippen molar-refractivity contribution >= 4 is 22.9 Å². The van der Waals surface area contributed by atoms with E-state index in [1.54, 1.807) is 11.3 Å². The molecule has 1 N–H and O–H groups in total. The summed E-state index contributed by atoms with van der Waals surface area (Å²) in [5.41, 5.74) is 1.94. The Bertz CT molecular complexity index is 505. The molecule has 1 unspecified atom stereocenters. The third-order valence-electron chi connectivity index (χ3n) is 2.97. The third kappa shape index (κ3) is 3.13. The van der Waals surface area contributed by atoms with Crippen LogP contribution in [0.3, 0.4) is 0 Å². The molecule has 5 heteroatoms. The molecule has 0 bridgehead atoms. The Labute approximate surface area is 117 Å². The van der Waals surface area contributed by atoms with Gasteiger partial charge < -0.3 is 5.32 Å². The molecule has 0 aliphatic rings. The molecule has 98 valence electrons. The Morgan fingerprint density at radius 1 is 1.56 bits per heavy atom. The molecule has 0 aliphatic carbocycles. The fraction of sp³-hybridized carbons (Fsp3) is 0.462. The lowest BCUT2D eigenvalue weighted by Crippen LogP contribution is -2.28. The van der Waals surface area contributed by atoms with E-state index in [0.29, 0.717) is 6.04 Å². The molecule has 0 aromatic carbocycles. The molecule has 0 aliphatic heterocycles. The maximum Gasteiger partial charge on any atom is 0.0860 e. The van der Waals surface area contributed by atoms with Gasteiger partial charge in [0.2, 0.25) is 0 Å². The Balaban J connectivity index is 1.91. The van der Waals surface area contributed by atoms with Gasteiger partial charge in [-0.3, -0.25) is 4.68 Å². The normalized spacial score (nSPS) is 12.9. The van der Waals surface area contributed by atoms with Crippen LogP contribution in [0, 0.1) is 6.92 Å². The maximum atomic E-state index is 6.22. The highest BCUT2D eigenvalue weighted by molar-refractivity contribution is 7.09. The molecule has 0 saturated carbocycles. The van der Waals surface area contributed by atoms with Gasteiger partial charge >= 0.3 is 0 Å². The van der Waals surface area contributed by atoms with E-state index in [1.807, 2.05) is 18.7 Å². The number of aryl methyl sites for hydroxylation is 2. The van der Waals surface area contributed by atoms with E-state index in [0.717, 1.165) is 29.4 Å². The monoisotopic (exact) mass is 283 g/mol. The van der Waals surface area contributed by atoms with Gasteiger partial charge in [-0.2, -0.15) is 5.10 Å². The zero-order chi connectivity index (χ0) is 13.1. The predicted octanol–water partition coefficient (Wildman–Crippen LogP) is 3.16. The smallest absolute Gasteiger partial charge is 0.0860 e. The lowest BCUT2D eigenvalue weighted by atomic mass is 10.2. The van der Waals surface area contributed by atoms with Gasteiger partial charge in [-0.05, 0) is 31.7 Å². The number of halogens is 1. The van der Waals surface area contributed by atoms with Crippen LogP contribution in [0.1, 0.15) is 23.2 Å². The standard InChI is InChI=1S/C13H18ClN3S/c1-9(7-11-5-4-6-18-11)15-8-12-13(14)10(2)16-17(12)3/h4-6,9,15H,7-8H2,1-3H3. The number of nitrogens with zero attached hydrogens (tertiary/aromatic N) is 2. The van der Waals surface area contributed by atoms with Crippen molar-refractivity contribution in [2.45, 2.75) is 32.9 Å². The van der Waals surface area contributed by atoms with Crippen molar-refractivity contribution in [3.05, 3.63) is 38.8 Å². The second kappa shape index (κ2) is 5.87. The summed E-state index contributed by atoms with van der Waals surface area (Å²) in [7, 11) is 1.93. The van der Waals surface area contributed by atoms with Gasteiger partial charge in [0.25, 0.3) is 0 Å². The molecule has 0 radical (unpaired) electrons. The number of aromatic nitrogens is 2. The summed E-state index contributed by atoms with van der Waals surface area (Å²) >= 11 is 8.02. The molecule has 0 spiro atoms. The Kier molecular flexibility index (Phi) is 4.43. The van der Waals surface area contributed by atoms with E-state index in [-0.39, 0.29) is 0 Å². The lowest BCUT2D eigenvalue weighted by molar-refractivity contribution is 0.528. The van der Waals surface area contributed by atoms with Crippen LogP contribution >= 0.6 is 22.9 Å². The minimum Gasteiger partial charge on any atom is -0.308 e. The first-order valence-corrected chi connectivity index (χ1v) is 7.27. The Morgan fingerprint density at radius 3 is 2.89 bits per heavy atom. The van der Waals surface area contributed by atoms with Crippen molar-refractivity contribution in [2.24, 2.45) is 7.05 Å². The molecule has 2 aromatic rings. The summed E-state index contributed by atoms with van der Waals surface area (Å²) in [5, 5.41) is 10.7. The first-order valence-electron chi connectivity index (χ1n) is 6.01. The number of hydrogen-bond donors (Lipinski definition) is 1. The quantitative estimate of drug-likeness (QED) is 0.913. The largest absolute Gasteiger partial charge is 0.308 e. The highest BCUT2D eigenvalue weighted by atomic mass is 35.5. The van der Waals surface area contributed by atoms with Crippen LogP contribution in [0.5, 0.6) is 0 Å². The van der Waals surface area contributed by atoms with Crippen molar-refractivity contribution in [2.75, 3.05) is 0 Å². The van der Waals surface area contributed by atoms with Gasteiger partial charge in [0.15, 0.2) is 0 Å². The zero-order valence-electron chi connectivity index (χ0n) is 10.9. The summed E-state index contributed by atoms with van der Waals surface area (Å²) in [6.45, 7) is 4.88. The fourth-order valence-electron chi connectivity index (χ4n) is 1.95. The van der Waals surface area contributed by atoms with Crippen molar-refractivity contribution in [3.8, 4) is 0 Å². The molecular weight excluding hydrogens is 266 g/mol. The first-order chi connectivity index (χ1) is 8.58. The molecule has 2 rings (SSSR count). The molecule has 0 amide bonds. The van der Waals surface area contributed by atoms with Gasteiger partial charge in [-0.15, -0.1) is 11.3 Å². The highest BCUT2D eigenvalue weighted by Crippen LogP contribution is 2.19. The summed E-state index contributed by atoms with van der Waals surface area (Å²) in [6.07, 6.45) is 1.05. The van der Waals surface area contributed by atoms with Crippen LogP contribution in [0.15, 0.2) is 17.5 Å². The summed E-state index contributed by atoms with van der Waals surface area (Å²) in [5.74, 6) is 0. The number of rotatable bonds is 5. The summed E-state index contributed by atoms with van der Waals surface area (Å²) in [4.78, 5) is 1.40. The van der Waals surface area contributed by atoms with E-state index in [1.165, 1.54) is 4.88 Å². The van der Waals surface area contributed by atoms with Crippen LogP contribution < -0.4 is 5.32 Å². The van der Waals surface area contributed by atoms with Crippen molar-refractivity contribution in [1.82, 2.24) is 15.1 Å². The average molecular weight is 284 g/mol. The second-order valence-corrected chi connectivity index (χ2v) is 5.95. The SMILES string of the molecule is Cc1nn(C)c(CNC(C)Cc2cccs2)c1Cl. The van der Waals surface area contributed by atoms with Crippen LogP contribution in [0.2, 0.25) is 5.02 Å². The van der Waals surface area contributed by atoms with Gasteiger partial charge in [0.1, 0.15) is 0 Å². The zero-order valence-corrected chi connectivity index (χ0v) is 12.5. The van der Waals surface area contributed by atoms with Crippen molar-refractivity contribution in [1.29, 1.82) is 0 Å². The van der Waals surface area contributed by atoms with Gasteiger partial charge in [-0.25, -0.2) is 0 Å². The van der Waals surface area contributed by atoms with Crippen LogP contribution in [0.25, 0.3) is 0 Å². The minimum atomic E-state index is 0.426. The summed E-state index contributed by atoms with van der Waals surface area (Å²) < 4.78 is 1.85. The number of nitrogens with one attached hydrogen (secondary N) is 1. The molecule has 0 saturated heterocycles. The molecule has 3 nitrogen and oxygen atoms in total. The minimum absolute atomic E-state index is 0.426. The van der Waals surface area contributed by atoms with Gasteiger partial charge in [-0.1, -0.05) is 17.7 Å². The van der Waals surface area contributed by atoms with Gasteiger partial charge in [0, 0.05) is 24.5 Å². The van der Waals surface area contributed by atoms with Crippen LogP contribution in [-0.4, -0.2) is 15.8 Å². The number of hydrogen-bond acceptors (Lipinski definition) is 3. The van der Waals surface area contributed by atoms with Crippen LogP contribution in [-0.2, 0) is 20.0 Å². The average Bonchev–Trinajstić information content (AvgIpc) is 2.88. The van der Waals surface area contributed by atoms with E-state index in [9.17, 15) is 0 Å². The fourth-order valence-corrected chi connectivity index (χ4v) is 3.01. The second-order valence-electron chi connectivity index (χ2n) is 4.54.